The van der Waals surface area contributed by atoms with Gasteiger partial charge in [0, 0.05) is 19.2 Å². The van der Waals surface area contributed by atoms with Crippen LogP contribution in [-0.2, 0) is 21.3 Å². The minimum atomic E-state index is -3.61. The molecule has 1 aromatic heterocycles. The topological polar surface area (TPSA) is 80.6 Å². The first-order valence-corrected chi connectivity index (χ1v) is 8.73. The van der Waals surface area contributed by atoms with Gasteiger partial charge in [-0.05, 0) is 42.2 Å². The molecule has 0 aromatic carbocycles. The van der Waals surface area contributed by atoms with Crippen LogP contribution in [0.4, 0.5) is 0 Å². The first kappa shape index (κ1) is 16.0. The van der Waals surface area contributed by atoms with Crippen molar-refractivity contribution in [2.24, 2.45) is 0 Å². The van der Waals surface area contributed by atoms with Crippen LogP contribution in [0, 0.1) is 0 Å². The van der Waals surface area contributed by atoms with E-state index in [0.717, 1.165) is 19.3 Å². The van der Waals surface area contributed by atoms with Crippen LogP contribution in [0.5, 0.6) is 0 Å². The van der Waals surface area contributed by atoms with Gasteiger partial charge in [0.05, 0.1) is 12.6 Å². The number of halogens is 1. The minimum Gasteiger partial charge on any atom is -0.452 e. The second kappa shape index (κ2) is 6.57. The van der Waals surface area contributed by atoms with Crippen molar-refractivity contribution in [3.63, 3.8) is 0 Å². The Morgan fingerprint density at radius 3 is 2.90 bits per heavy atom. The SMILES string of the molecule is CNCc1cc(S(=O)(=O)NC2CCCC2OC)c(Br)o1. The van der Waals surface area contributed by atoms with Crippen molar-refractivity contribution in [1.82, 2.24) is 10.0 Å². The van der Waals surface area contributed by atoms with Gasteiger partial charge in [0.2, 0.25) is 10.0 Å². The molecule has 0 spiro atoms. The van der Waals surface area contributed by atoms with E-state index in [1.54, 1.807) is 14.2 Å². The van der Waals surface area contributed by atoms with Gasteiger partial charge < -0.3 is 14.5 Å². The Hall–Kier alpha value is -0.410. The summed E-state index contributed by atoms with van der Waals surface area (Å²) < 4.78 is 38.4. The third kappa shape index (κ3) is 3.43. The smallest absolute Gasteiger partial charge is 0.245 e. The molecule has 1 aliphatic rings. The number of ether oxygens (including phenoxy) is 1. The molecule has 0 bridgehead atoms. The highest BCUT2D eigenvalue weighted by Crippen LogP contribution is 2.28. The summed E-state index contributed by atoms with van der Waals surface area (Å²) >= 11 is 3.16. The molecule has 1 fully saturated rings. The lowest BCUT2D eigenvalue weighted by atomic mass is 10.2. The Bertz CT molecular complexity index is 558. The van der Waals surface area contributed by atoms with Crippen molar-refractivity contribution in [1.29, 1.82) is 0 Å². The van der Waals surface area contributed by atoms with Crippen molar-refractivity contribution in [2.75, 3.05) is 14.2 Å². The van der Waals surface area contributed by atoms with Gasteiger partial charge in [0.15, 0.2) is 4.67 Å². The first-order valence-electron chi connectivity index (χ1n) is 6.46. The van der Waals surface area contributed by atoms with Crippen molar-refractivity contribution < 1.29 is 17.6 Å². The highest BCUT2D eigenvalue weighted by molar-refractivity contribution is 9.10. The second-order valence-corrected chi connectivity index (χ2v) is 7.22. The van der Waals surface area contributed by atoms with Crippen LogP contribution in [0.3, 0.4) is 0 Å². The molecule has 20 heavy (non-hydrogen) atoms. The number of sulfonamides is 1. The molecular weight excluding hydrogens is 348 g/mol. The van der Waals surface area contributed by atoms with Crippen LogP contribution < -0.4 is 10.0 Å². The Morgan fingerprint density at radius 2 is 2.25 bits per heavy atom. The maximum Gasteiger partial charge on any atom is 0.245 e. The Labute approximate surface area is 127 Å². The van der Waals surface area contributed by atoms with Crippen LogP contribution in [0.2, 0.25) is 0 Å². The third-order valence-electron chi connectivity index (χ3n) is 3.41. The maximum absolute atomic E-state index is 12.4. The van der Waals surface area contributed by atoms with Gasteiger partial charge in [-0.1, -0.05) is 0 Å². The molecule has 1 aromatic rings. The number of furan rings is 1. The van der Waals surface area contributed by atoms with Crippen LogP contribution in [0.15, 0.2) is 20.0 Å². The average molecular weight is 367 g/mol. The lowest BCUT2D eigenvalue weighted by Crippen LogP contribution is -2.40. The lowest BCUT2D eigenvalue weighted by molar-refractivity contribution is 0.0916. The van der Waals surface area contributed by atoms with E-state index in [1.165, 1.54) is 6.07 Å². The molecule has 2 rings (SSSR count). The maximum atomic E-state index is 12.4. The van der Waals surface area contributed by atoms with Crippen LogP contribution in [0.25, 0.3) is 0 Å². The molecule has 0 aliphatic heterocycles. The summed E-state index contributed by atoms with van der Waals surface area (Å²) in [6, 6.07) is 1.35. The molecule has 8 heteroatoms. The summed E-state index contributed by atoms with van der Waals surface area (Å²) in [7, 11) is -0.238. The fourth-order valence-corrected chi connectivity index (χ4v) is 4.74. The Balaban J connectivity index is 2.17. The third-order valence-corrected chi connectivity index (χ3v) is 5.76. The molecule has 0 saturated heterocycles. The molecule has 2 N–H and O–H groups in total. The molecule has 114 valence electrons. The molecular formula is C12H19BrN2O4S. The zero-order chi connectivity index (χ0) is 14.8. The zero-order valence-corrected chi connectivity index (χ0v) is 13.9. The monoisotopic (exact) mass is 366 g/mol. The highest BCUT2D eigenvalue weighted by Gasteiger charge is 2.33. The van der Waals surface area contributed by atoms with Crippen molar-refractivity contribution in [3.05, 3.63) is 16.5 Å². The summed E-state index contributed by atoms with van der Waals surface area (Å²) in [6.45, 7) is 0.470. The first-order chi connectivity index (χ1) is 9.47. The van der Waals surface area contributed by atoms with Gasteiger partial charge in [0.1, 0.15) is 10.7 Å². The number of nitrogens with one attached hydrogen (secondary N) is 2. The van der Waals surface area contributed by atoms with Crippen molar-refractivity contribution in [3.8, 4) is 0 Å². The molecule has 2 unspecified atom stereocenters. The van der Waals surface area contributed by atoms with E-state index in [1.807, 2.05) is 0 Å². The molecule has 1 heterocycles. The van der Waals surface area contributed by atoms with E-state index in [0.29, 0.717) is 12.3 Å². The van der Waals surface area contributed by atoms with Crippen LogP contribution in [0.1, 0.15) is 25.0 Å². The van der Waals surface area contributed by atoms with Gasteiger partial charge in [-0.15, -0.1) is 0 Å². The molecule has 1 saturated carbocycles. The number of methoxy groups -OCH3 is 1. The van der Waals surface area contributed by atoms with Gasteiger partial charge >= 0.3 is 0 Å². The standard InChI is InChI=1S/C12H19BrN2O4S/c1-14-7-8-6-11(12(13)19-8)20(16,17)15-9-4-3-5-10(9)18-2/h6,9-10,14-15H,3-5,7H2,1-2H3. The summed E-state index contributed by atoms with van der Waals surface area (Å²) in [5.41, 5.74) is 0. The fraction of sp³-hybridized carbons (Fsp3) is 0.667. The van der Waals surface area contributed by atoms with E-state index in [9.17, 15) is 8.42 Å². The molecule has 0 amide bonds. The largest absolute Gasteiger partial charge is 0.452 e. The Kier molecular flexibility index (Phi) is 5.25. The quantitative estimate of drug-likeness (QED) is 0.799. The van der Waals surface area contributed by atoms with Crippen LogP contribution >= 0.6 is 15.9 Å². The van der Waals surface area contributed by atoms with E-state index in [-0.39, 0.29) is 21.7 Å². The van der Waals surface area contributed by atoms with E-state index < -0.39 is 10.0 Å². The summed E-state index contributed by atoms with van der Waals surface area (Å²) in [5.74, 6) is 0.564. The van der Waals surface area contributed by atoms with E-state index in [2.05, 4.69) is 26.0 Å². The summed E-state index contributed by atoms with van der Waals surface area (Å²) in [6.07, 6.45) is 2.56. The molecule has 2 atom stereocenters. The lowest BCUT2D eigenvalue weighted by Gasteiger charge is -2.19. The summed E-state index contributed by atoms with van der Waals surface area (Å²) in [4.78, 5) is 0.129. The zero-order valence-electron chi connectivity index (χ0n) is 11.5. The van der Waals surface area contributed by atoms with Crippen LogP contribution in [-0.4, -0.2) is 34.7 Å². The number of hydrogen-bond acceptors (Lipinski definition) is 5. The predicted octanol–water partition coefficient (Wildman–Crippen LogP) is 1.61. The second-order valence-electron chi connectivity index (χ2n) is 4.81. The predicted molar refractivity (Wildman–Crippen MR) is 77.9 cm³/mol. The van der Waals surface area contributed by atoms with Gasteiger partial charge in [0.25, 0.3) is 0 Å². The molecule has 1 aliphatic carbocycles. The number of hydrogen-bond donors (Lipinski definition) is 2. The van der Waals surface area contributed by atoms with Crippen molar-refractivity contribution >= 4 is 26.0 Å². The number of rotatable bonds is 6. The normalized spacial score (nSPS) is 23.4. The summed E-state index contributed by atoms with van der Waals surface area (Å²) in [5, 5.41) is 2.92. The molecule has 0 radical (unpaired) electrons. The van der Waals surface area contributed by atoms with Crippen molar-refractivity contribution in [2.45, 2.75) is 42.8 Å². The van der Waals surface area contributed by atoms with Gasteiger partial charge in [-0.3, -0.25) is 0 Å². The molecule has 6 nitrogen and oxygen atoms in total. The van der Waals surface area contributed by atoms with Gasteiger partial charge in [-0.25, -0.2) is 13.1 Å². The van der Waals surface area contributed by atoms with Gasteiger partial charge in [-0.2, -0.15) is 0 Å². The fourth-order valence-electron chi connectivity index (χ4n) is 2.45. The Morgan fingerprint density at radius 1 is 1.50 bits per heavy atom. The highest BCUT2D eigenvalue weighted by atomic mass is 79.9. The van der Waals surface area contributed by atoms with E-state index >= 15 is 0 Å². The minimum absolute atomic E-state index is 0.0627. The van der Waals surface area contributed by atoms with E-state index in [4.69, 9.17) is 9.15 Å². The average Bonchev–Trinajstić information content (AvgIpc) is 2.96.